The van der Waals surface area contributed by atoms with Gasteiger partial charge < -0.3 is 9.84 Å². The summed E-state index contributed by atoms with van der Waals surface area (Å²) in [7, 11) is 0. The van der Waals surface area contributed by atoms with Crippen molar-refractivity contribution in [3.8, 4) is 6.07 Å². The molecule has 0 aliphatic carbocycles. The van der Waals surface area contributed by atoms with Crippen molar-refractivity contribution in [2.24, 2.45) is 5.41 Å². The predicted octanol–water partition coefficient (Wildman–Crippen LogP) is 0.906. The van der Waals surface area contributed by atoms with E-state index in [2.05, 4.69) is 11.0 Å². The normalized spacial score (nSPS) is 41.1. The van der Waals surface area contributed by atoms with Crippen LogP contribution in [0, 0.1) is 16.7 Å². The largest absolute Gasteiger partial charge is 0.387 e. The lowest BCUT2D eigenvalue weighted by Gasteiger charge is -2.45. The summed E-state index contributed by atoms with van der Waals surface area (Å²) < 4.78 is 5.37. The van der Waals surface area contributed by atoms with Crippen molar-refractivity contribution in [2.45, 2.75) is 43.7 Å². The molecular formula is C13H20N2O2. The Morgan fingerprint density at radius 2 is 2.00 bits per heavy atom. The van der Waals surface area contributed by atoms with Gasteiger partial charge in [0.15, 0.2) is 0 Å². The Balaban J connectivity index is 1.93. The number of nitrogens with zero attached hydrogens (tertiary/aromatic N) is 2. The standard InChI is InChI=1S/C13H20N2O2/c14-10-12(4-8-17-9-5-12)13(16)3-7-15-6-1-2-11(13)15/h11,16H,1-9H2. The van der Waals surface area contributed by atoms with Crippen molar-refractivity contribution in [1.29, 1.82) is 5.26 Å². The number of ether oxygens (including phenoxy) is 1. The van der Waals surface area contributed by atoms with E-state index in [4.69, 9.17) is 4.74 Å². The van der Waals surface area contributed by atoms with Gasteiger partial charge in [0.25, 0.3) is 0 Å². The molecule has 0 amide bonds. The van der Waals surface area contributed by atoms with Crippen LogP contribution in [0.15, 0.2) is 0 Å². The van der Waals surface area contributed by atoms with Gasteiger partial charge in [-0.1, -0.05) is 0 Å². The van der Waals surface area contributed by atoms with Crippen molar-refractivity contribution in [3.63, 3.8) is 0 Å². The Morgan fingerprint density at radius 1 is 1.24 bits per heavy atom. The molecule has 3 aliphatic heterocycles. The summed E-state index contributed by atoms with van der Waals surface area (Å²) in [4.78, 5) is 2.37. The van der Waals surface area contributed by atoms with Crippen LogP contribution >= 0.6 is 0 Å². The molecule has 3 aliphatic rings. The van der Waals surface area contributed by atoms with E-state index in [1.807, 2.05) is 0 Å². The second kappa shape index (κ2) is 3.94. The van der Waals surface area contributed by atoms with Gasteiger partial charge in [0.05, 0.1) is 11.5 Å². The SMILES string of the molecule is N#CC1(C2(O)CCN3CCCC32)CCOCC1. The quantitative estimate of drug-likeness (QED) is 0.735. The summed E-state index contributed by atoms with van der Waals surface area (Å²) >= 11 is 0. The van der Waals surface area contributed by atoms with Gasteiger partial charge in [0.2, 0.25) is 0 Å². The zero-order valence-corrected chi connectivity index (χ0v) is 10.2. The first-order chi connectivity index (χ1) is 8.22. The van der Waals surface area contributed by atoms with Crippen molar-refractivity contribution < 1.29 is 9.84 Å². The topological polar surface area (TPSA) is 56.5 Å². The summed E-state index contributed by atoms with van der Waals surface area (Å²) in [6.07, 6.45) is 4.33. The summed E-state index contributed by atoms with van der Waals surface area (Å²) in [5.74, 6) is 0. The van der Waals surface area contributed by atoms with Crippen LogP contribution in [-0.2, 0) is 4.74 Å². The van der Waals surface area contributed by atoms with Gasteiger partial charge in [0, 0.05) is 25.8 Å². The third-order valence-corrected chi connectivity index (χ3v) is 5.08. The summed E-state index contributed by atoms with van der Waals surface area (Å²) in [6, 6.07) is 2.66. The maximum absolute atomic E-state index is 11.1. The number of fused-ring (bicyclic) bond motifs is 1. The lowest BCUT2D eigenvalue weighted by molar-refractivity contribution is -0.115. The second-order valence-electron chi connectivity index (χ2n) is 5.67. The van der Waals surface area contributed by atoms with Crippen molar-refractivity contribution in [1.82, 2.24) is 4.90 Å². The number of nitriles is 1. The van der Waals surface area contributed by atoms with Gasteiger partial charge in [-0.15, -0.1) is 0 Å². The van der Waals surface area contributed by atoms with Crippen LogP contribution in [0.2, 0.25) is 0 Å². The molecule has 0 saturated carbocycles. The Labute approximate surface area is 102 Å². The highest BCUT2D eigenvalue weighted by Gasteiger charge is 2.60. The fraction of sp³-hybridized carbons (Fsp3) is 0.923. The Morgan fingerprint density at radius 3 is 2.71 bits per heavy atom. The number of hydrogen-bond acceptors (Lipinski definition) is 4. The number of hydrogen-bond donors (Lipinski definition) is 1. The highest BCUT2D eigenvalue weighted by atomic mass is 16.5. The molecule has 0 aromatic heterocycles. The summed E-state index contributed by atoms with van der Waals surface area (Å²) in [5.41, 5.74) is -1.38. The van der Waals surface area contributed by atoms with Gasteiger partial charge in [-0.25, -0.2) is 0 Å². The number of rotatable bonds is 1. The maximum Gasteiger partial charge on any atom is 0.100 e. The molecule has 0 bridgehead atoms. The second-order valence-corrected chi connectivity index (χ2v) is 5.67. The van der Waals surface area contributed by atoms with Crippen LogP contribution in [0.3, 0.4) is 0 Å². The minimum atomic E-state index is -0.804. The molecule has 94 valence electrons. The average molecular weight is 236 g/mol. The smallest absolute Gasteiger partial charge is 0.100 e. The lowest BCUT2D eigenvalue weighted by Crippen LogP contribution is -2.56. The van der Waals surface area contributed by atoms with Gasteiger partial charge >= 0.3 is 0 Å². The first kappa shape index (κ1) is 11.5. The molecule has 0 radical (unpaired) electrons. The molecule has 3 rings (SSSR count). The monoisotopic (exact) mass is 236 g/mol. The third-order valence-electron chi connectivity index (χ3n) is 5.08. The van der Waals surface area contributed by atoms with Gasteiger partial charge in [-0.3, -0.25) is 4.90 Å². The molecular weight excluding hydrogens is 216 g/mol. The van der Waals surface area contributed by atoms with Crippen LogP contribution in [0.5, 0.6) is 0 Å². The molecule has 4 heteroatoms. The summed E-state index contributed by atoms with van der Waals surface area (Å²) in [6.45, 7) is 3.27. The molecule has 0 aromatic rings. The zero-order chi connectivity index (χ0) is 11.9. The average Bonchev–Trinajstić information content (AvgIpc) is 2.95. The van der Waals surface area contributed by atoms with Gasteiger partial charge in [-0.2, -0.15) is 5.26 Å². The van der Waals surface area contributed by atoms with Crippen LogP contribution in [0.25, 0.3) is 0 Å². The molecule has 3 saturated heterocycles. The van der Waals surface area contributed by atoms with Crippen LogP contribution in [-0.4, -0.2) is 48.0 Å². The van der Waals surface area contributed by atoms with Crippen LogP contribution < -0.4 is 0 Å². The fourth-order valence-corrected chi connectivity index (χ4v) is 4.03. The molecule has 1 N–H and O–H groups in total. The zero-order valence-electron chi connectivity index (χ0n) is 10.2. The minimum Gasteiger partial charge on any atom is -0.387 e. The minimum absolute atomic E-state index is 0.209. The van der Waals surface area contributed by atoms with Crippen molar-refractivity contribution >= 4 is 0 Å². The van der Waals surface area contributed by atoms with E-state index in [1.54, 1.807) is 0 Å². The lowest BCUT2D eigenvalue weighted by atomic mass is 9.64. The van der Waals surface area contributed by atoms with Crippen molar-refractivity contribution in [3.05, 3.63) is 0 Å². The molecule has 2 unspecified atom stereocenters. The molecule has 3 fully saturated rings. The van der Waals surface area contributed by atoms with E-state index >= 15 is 0 Å². The Hall–Kier alpha value is -0.630. The first-order valence-electron chi connectivity index (χ1n) is 6.67. The van der Waals surface area contributed by atoms with E-state index in [-0.39, 0.29) is 6.04 Å². The van der Waals surface area contributed by atoms with E-state index in [0.29, 0.717) is 26.1 Å². The fourth-order valence-electron chi connectivity index (χ4n) is 4.03. The van der Waals surface area contributed by atoms with E-state index in [0.717, 1.165) is 32.4 Å². The van der Waals surface area contributed by atoms with E-state index < -0.39 is 11.0 Å². The molecule has 4 nitrogen and oxygen atoms in total. The van der Waals surface area contributed by atoms with Crippen LogP contribution in [0.1, 0.15) is 32.1 Å². The molecule has 3 heterocycles. The molecule has 0 spiro atoms. The van der Waals surface area contributed by atoms with E-state index in [9.17, 15) is 10.4 Å². The van der Waals surface area contributed by atoms with Crippen LogP contribution in [0.4, 0.5) is 0 Å². The van der Waals surface area contributed by atoms with Gasteiger partial charge in [-0.05, 0) is 38.6 Å². The maximum atomic E-state index is 11.1. The third kappa shape index (κ3) is 1.46. The van der Waals surface area contributed by atoms with E-state index in [1.165, 1.54) is 0 Å². The highest BCUT2D eigenvalue weighted by Crippen LogP contribution is 2.51. The highest BCUT2D eigenvalue weighted by molar-refractivity contribution is 5.20. The Bertz CT molecular complexity index is 346. The molecule has 0 aromatic carbocycles. The van der Waals surface area contributed by atoms with Gasteiger partial charge in [0.1, 0.15) is 5.60 Å². The molecule has 2 atom stereocenters. The first-order valence-corrected chi connectivity index (χ1v) is 6.67. The summed E-state index contributed by atoms with van der Waals surface area (Å²) in [5, 5.41) is 20.7. The molecule has 17 heavy (non-hydrogen) atoms. The Kier molecular flexibility index (Phi) is 2.66. The van der Waals surface area contributed by atoms with Crippen molar-refractivity contribution in [2.75, 3.05) is 26.3 Å². The predicted molar refractivity (Wildman–Crippen MR) is 62.3 cm³/mol. The number of aliphatic hydroxyl groups is 1.